The van der Waals surface area contributed by atoms with Gasteiger partial charge >= 0.3 is 0 Å². The summed E-state index contributed by atoms with van der Waals surface area (Å²) in [7, 11) is 0. The van der Waals surface area contributed by atoms with Gasteiger partial charge in [-0.05, 0) is 35.7 Å². The zero-order valence-corrected chi connectivity index (χ0v) is 11.7. The van der Waals surface area contributed by atoms with E-state index in [0.717, 1.165) is 22.0 Å². The first kappa shape index (κ1) is 12.4. The second kappa shape index (κ2) is 4.57. The van der Waals surface area contributed by atoms with Crippen LogP contribution in [0.2, 0.25) is 5.02 Å². The van der Waals surface area contributed by atoms with Gasteiger partial charge in [-0.25, -0.2) is 9.37 Å². The van der Waals surface area contributed by atoms with Crippen LogP contribution in [-0.4, -0.2) is 9.97 Å². The molecule has 0 radical (unpaired) electrons. The third-order valence-corrected chi connectivity index (χ3v) is 3.81. The summed E-state index contributed by atoms with van der Waals surface area (Å²) >= 11 is 5.99. The minimum Gasteiger partial charge on any atom is -0.338 e. The summed E-state index contributed by atoms with van der Waals surface area (Å²) in [6.07, 6.45) is 0. The molecule has 1 N–H and O–H groups in total. The largest absolute Gasteiger partial charge is 0.338 e. The van der Waals surface area contributed by atoms with Gasteiger partial charge < -0.3 is 4.98 Å². The predicted molar refractivity (Wildman–Crippen MR) is 84.0 cm³/mol. The molecule has 0 atom stereocenters. The normalized spacial score (nSPS) is 11.3. The fraction of sp³-hybridized carbons (Fsp3) is 0. The molecule has 0 saturated carbocycles. The summed E-state index contributed by atoms with van der Waals surface area (Å²) in [6.45, 7) is 0. The van der Waals surface area contributed by atoms with Gasteiger partial charge in [0, 0.05) is 16.0 Å². The molecule has 102 valence electrons. The average Bonchev–Trinajstić information content (AvgIpc) is 2.90. The number of halogens is 2. The van der Waals surface area contributed by atoms with Crippen molar-refractivity contribution < 1.29 is 4.39 Å². The SMILES string of the molecule is Fc1ccc(-c2nc3ccc(Cl)cc3[nH]2)c2ccccc12. The van der Waals surface area contributed by atoms with Gasteiger partial charge in [0.15, 0.2) is 0 Å². The van der Waals surface area contributed by atoms with E-state index >= 15 is 0 Å². The molecule has 4 aromatic rings. The van der Waals surface area contributed by atoms with E-state index < -0.39 is 0 Å². The fourth-order valence-electron chi connectivity index (χ4n) is 2.58. The van der Waals surface area contributed by atoms with Gasteiger partial charge in [0.2, 0.25) is 0 Å². The minimum absolute atomic E-state index is 0.228. The first-order chi connectivity index (χ1) is 10.2. The molecule has 1 heterocycles. The Bertz CT molecular complexity index is 975. The predicted octanol–water partition coefficient (Wildman–Crippen LogP) is 5.18. The van der Waals surface area contributed by atoms with Gasteiger partial charge in [-0.1, -0.05) is 35.9 Å². The Labute approximate surface area is 125 Å². The lowest BCUT2D eigenvalue weighted by atomic mass is 10.0. The highest BCUT2D eigenvalue weighted by Gasteiger charge is 2.11. The van der Waals surface area contributed by atoms with Gasteiger partial charge in [-0.15, -0.1) is 0 Å². The summed E-state index contributed by atoms with van der Waals surface area (Å²) in [6, 6.07) is 16.1. The Morgan fingerprint density at radius 2 is 1.76 bits per heavy atom. The van der Waals surface area contributed by atoms with E-state index in [0.29, 0.717) is 16.2 Å². The van der Waals surface area contributed by atoms with Crippen LogP contribution in [0.5, 0.6) is 0 Å². The molecule has 0 aliphatic heterocycles. The van der Waals surface area contributed by atoms with E-state index in [-0.39, 0.29) is 5.82 Å². The van der Waals surface area contributed by atoms with E-state index in [1.807, 2.05) is 30.3 Å². The van der Waals surface area contributed by atoms with Gasteiger partial charge in [-0.3, -0.25) is 0 Å². The van der Waals surface area contributed by atoms with Crippen LogP contribution < -0.4 is 0 Å². The fourth-order valence-corrected chi connectivity index (χ4v) is 2.75. The van der Waals surface area contributed by atoms with Crippen molar-refractivity contribution in [1.29, 1.82) is 0 Å². The van der Waals surface area contributed by atoms with E-state index in [9.17, 15) is 4.39 Å². The number of benzene rings is 3. The smallest absolute Gasteiger partial charge is 0.139 e. The molecule has 0 unspecified atom stereocenters. The lowest BCUT2D eigenvalue weighted by Crippen LogP contribution is -1.86. The third-order valence-electron chi connectivity index (χ3n) is 3.57. The maximum absolute atomic E-state index is 13.9. The Kier molecular flexibility index (Phi) is 2.69. The zero-order chi connectivity index (χ0) is 14.4. The molecule has 0 bridgehead atoms. The summed E-state index contributed by atoms with van der Waals surface area (Å²) in [5.41, 5.74) is 2.58. The zero-order valence-electron chi connectivity index (χ0n) is 10.9. The van der Waals surface area contributed by atoms with E-state index in [1.165, 1.54) is 6.07 Å². The highest BCUT2D eigenvalue weighted by molar-refractivity contribution is 6.31. The minimum atomic E-state index is -0.228. The number of nitrogens with one attached hydrogen (secondary N) is 1. The molecule has 0 amide bonds. The molecule has 3 aromatic carbocycles. The van der Waals surface area contributed by atoms with Crippen LogP contribution in [0, 0.1) is 5.82 Å². The number of aromatic amines is 1. The van der Waals surface area contributed by atoms with Crippen molar-refractivity contribution in [2.75, 3.05) is 0 Å². The highest BCUT2D eigenvalue weighted by atomic mass is 35.5. The van der Waals surface area contributed by atoms with E-state index in [1.54, 1.807) is 18.2 Å². The highest BCUT2D eigenvalue weighted by Crippen LogP contribution is 2.30. The second-order valence-corrected chi connectivity index (χ2v) is 5.32. The Morgan fingerprint density at radius 1 is 0.952 bits per heavy atom. The topological polar surface area (TPSA) is 28.7 Å². The summed E-state index contributed by atoms with van der Waals surface area (Å²) < 4.78 is 13.9. The molecule has 2 nitrogen and oxygen atoms in total. The Hall–Kier alpha value is -2.39. The van der Waals surface area contributed by atoms with Gasteiger partial charge in [-0.2, -0.15) is 0 Å². The molecule has 0 saturated heterocycles. The van der Waals surface area contributed by atoms with Crippen molar-refractivity contribution in [3.8, 4) is 11.4 Å². The molecular formula is C17H10ClFN2. The lowest BCUT2D eigenvalue weighted by Gasteiger charge is -2.04. The molecule has 0 aliphatic rings. The number of aromatic nitrogens is 2. The standard InChI is InChI=1S/C17H10ClFN2/c18-10-5-8-15-16(9-10)21-17(20-15)13-6-7-14(19)12-4-2-1-3-11(12)13/h1-9H,(H,20,21). The molecule has 0 spiro atoms. The Morgan fingerprint density at radius 3 is 2.62 bits per heavy atom. The van der Waals surface area contributed by atoms with Crippen molar-refractivity contribution in [3.63, 3.8) is 0 Å². The number of imidazole rings is 1. The van der Waals surface area contributed by atoms with Crippen LogP contribution in [0.1, 0.15) is 0 Å². The van der Waals surface area contributed by atoms with Gasteiger partial charge in [0.25, 0.3) is 0 Å². The molecule has 0 aliphatic carbocycles. The molecule has 0 fully saturated rings. The van der Waals surface area contributed by atoms with Crippen LogP contribution in [0.3, 0.4) is 0 Å². The van der Waals surface area contributed by atoms with Crippen LogP contribution >= 0.6 is 11.6 Å². The van der Waals surface area contributed by atoms with Crippen LogP contribution in [0.4, 0.5) is 4.39 Å². The second-order valence-electron chi connectivity index (χ2n) is 4.89. The Balaban J connectivity index is 2.02. The summed E-state index contributed by atoms with van der Waals surface area (Å²) in [5, 5.41) is 2.08. The summed E-state index contributed by atoms with van der Waals surface area (Å²) in [4.78, 5) is 7.81. The van der Waals surface area contributed by atoms with Gasteiger partial charge in [0.05, 0.1) is 11.0 Å². The van der Waals surface area contributed by atoms with Crippen molar-refractivity contribution in [2.45, 2.75) is 0 Å². The van der Waals surface area contributed by atoms with E-state index in [2.05, 4.69) is 9.97 Å². The van der Waals surface area contributed by atoms with E-state index in [4.69, 9.17) is 11.6 Å². The van der Waals surface area contributed by atoms with Crippen molar-refractivity contribution >= 4 is 33.4 Å². The first-order valence-corrected chi connectivity index (χ1v) is 6.93. The summed E-state index contributed by atoms with van der Waals surface area (Å²) in [5.74, 6) is 0.483. The van der Waals surface area contributed by atoms with Crippen LogP contribution in [0.25, 0.3) is 33.2 Å². The first-order valence-electron chi connectivity index (χ1n) is 6.55. The maximum Gasteiger partial charge on any atom is 0.139 e. The van der Waals surface area contributed by atoms with Crippen molar-refractivity contribution in [1.82, 2.24) is 9.97 Å². The number of nitrogens with zero attached hydrogens (tertiary/aromatic N) is 1. The molecular weight excluding hydrogens is 287 g/mol. The quantitative estimate of drug-likeness (QED) is 0.515. The monoisotopic (exact) mass is 296 g/mol. The van der Waals surface area contributed by atoms with Gasteiger partial charge in [0.1, 0.15) is 11.6 Å². The molecule has 1 aromatic heterocycles. The third kappa shape index (κ3) is 1.98. The molecule has 4 rings (SSSR count). The number of rotatable bonds is 1. The van der Waals surface area contributed by atoms with Crippen LogP contribution in [-0.2, 0) is 0 Å². The number of fused-ring (bicyclic) bond motifs is 2. The average molecular weight is 297 g/mol. The molecule has 4 heteroatoms. The van der Waals surface area contributed by atoms with Crippen LogP contribution in [0.15, 0.2) is 54.6 Å². The molecule has 21 heavy (non-hydrogen) atoms. The maximum atomic E-state index is 13.9. The number of hydrogen-bond donors (Lipinski definition) is 1. The number of hydrogen-bond acceptors (Lipinski definition) is 1. The number of H-pyrrole nitrogens is 1. The van der Waals surface area contributed by atoms with Crippen molar-refractivity contribution in [2.24, 2.45) is 0 Å². The lowest BCUT2D eigenvalue weighted by molar-refractivity contribution is 0.640. The van der Waals surface area contributed by atoms with Crippen molar-refractivity contribution in [3.05, 3.63) is 65.4 Å².